The van der Waals surface area contributed by atoms with E-state index in [2.05, 4.69) is 45.0 Å². The van der Waals surface area contributed by atoms with E-state index in [4.69, 9.17) is 12.2 Å². The second kappa shape index (κ2) is 7.88. The van der Waals surface area contributed by atoms with Gasteiger partial charge in [0.25, 0.3) is 0 Å². The maximum atomic E-state index is 5.34. The lowest BCUT2D eigenvalue weighted by Crippen LogP contribution is -2.47. The molecular weight excluding hydrogens is 216 g/mol. The van der Waals surface area contributed by atoms with Gasteiger partial charge in [0.05, 0.1) is 0 Å². The highest BCUT2D eigenvalue weighted by molar-refractivity contribution is 7.80. The zero-order chi connectivity index (χ0) is 12.6. The molecular formula is C13H28N2S. The highest BCUT2D eigenvalue weighted by atomic mass is 32.1. The van der Waals surface area contributed by atoms with Crippen LogP contribution in [0.25, 0.3) is 0 Å². The molecule has 0 heterocycles. The van der Waals surface area contributed by atoms with E-state index in [1.807, 2.05) is 0 Å². The molecule has 0 amide bonds. The fraction of sp³-hybridized carbons (Fsp3) is 0.923. The third-order valence-corrected chi connectivity index (χ3v) is 2.84. The maximum absolute atomic E-state index is 5.34. The van der Waals surface area contributed by atoms with E-state index in [0.717, 1.165) is 11.7 Å². The summed E-state index contributed by atoms with van der Waals surface area (Å²) < 4.78 is 0. The van der Waals surface area contributed by atoms with E-state index in [1.165, 1.54) is 32.1 Å². The molecule has 3 heteroatoms. The summed E-state index contributed by atoms with van der Waals surface area (Å²) in [6.45, 7) is 9.71. The summed E-state index contributed by atoms with van der Waals surface area (Å²) in [5.41, 5.74) is 0.0630. The molecule has 0 aliphatic heterocycles. The minimum absolute atomic E-state index is 0.0630. The molecule has 0 aliphatic rings. The number of unbranched alkanes of at least 4 members (excludes halogenated alkanes) is 4. The van der Waals surface area contributed by atoms with Gasteiger partial charge in [-0.1, -0.05) is 32.6 Å². The first-order valence-corrected chi connectivity index (χ1v) is 6.81. The molecule has 0 rings (SSSR count). The lowest BCUT2D eigenvalue weighted by atomic mass is 10.1. The zero-order valence-electron chi connectivity index (χ0n) is 11.6. The third-order valence-electron chi connectivity index (χ3n) is 2.43. The van der Waals surface area contributed by atoms with Crippen molar-refractivity contribution < 1.29 is 0 Å². The highest BCUT2D eigenvalue weighted by Gasteiger charge is 2.13. The lowest BCUT2D eigenvalue weighted by Gasteiger charge is -2.28. The Hall–Kier alpha value is -0.310. The minimum Gasteiger partial charge on any atom is -0.358 e. The Kier molecular flexibility index (Phi) is 7.73. The van der Waals surface area contributed by atoms with Crippen LogP contribution in [0.2, 0.25) is 0 Å². The maximum Gasteiger partial charge on any atom is 0.169 e. The van der Waals surface area contributed by atoms with Gasteiger partial charge in [-0.05, 0) is 39.4 Å². The monoisotopic (exact) mass is 244 g/mol. The Balaban J connectivity index is 3.64. The van der Waals surface area contributed by atoms with Crippen LogP contribution < -0.4 is 5.32 Å². The van der Waals surface area contributed by atoms with Gasteiger partial charge in [-0.25, -0.2) is 0 Å². The quantitative estimate of drug-likeness (QED) is 0.568. The number of nitrogens with zero attached hydrogens (tertiary/aromatic N) is 1. The van der Waals surface area contributed by atoms with E-state index in [0.29, 0.717) is 0 Å². The van der Waals surface area contributed by atoms with Crippen molar-refractivity contribution in [3.8, 4) is 0 Å². The second-order valence-electron chi connectivity index (χ2n) is 5.52. The van der Waals surface area contributed by atoms with Crippen LogP contribution in [0.3, 0.4) is 0 Å². The second-order valence-corrected chi connectivity index (χ2v) is 5.90. The number of hydrogen-bond donors (Lipinski definition) is 1. The van der Waals surface area contributed by atoms with Gasteiger partial charge in [0, 0.05) is 19.1 Å². The van der Waals surface area contributed by atoms with Gasteiger partial charge in [-0.3, -0.25) is 0 Å². The van der Waals surface area contributed by atoms with E-state index < -0.39 is 0 Å². The summed E-state index contributed by atoms with van der Waals surface area (Å²) in [7, 11) is 2.07. The Morgan fingerprint density at radius 2 is 1.69 bits per heavy atom. The fourth-order valence-electron chi connectivity index (χ4n) is 1.47. The lowest BCUT2D eigenvalue weighted by molar-refractivity contribution is 0.425. The molecule has 16 heavy (non-hydrogen) atoms. The van der Waals surface area contributed by atoms with Crippen molar-refractivity contribution in [2.24, 2.45) is 0 Å². The number of nitrogens with one attached hydrogen (secondary N) is 1. The van der Waals surface area contributed by atoms with Gasteiger partial charge >= 0.3 is 0 Å². The summed E-state index contributed by atoms with van der Waals surface area (Å²) in [6.07, 6.45) is 6.57. The molecule has 0 fully saturated rings. The highest BCUT2D eigenvalue weighted by Crippen LogP contribution is 2.05. The van der Waals surface area contributed by atoms with Crippen molar-refractivity contribution in [1.29, 1.82) is 0 Å². The van der Waals surface area contributed by atoms with Crippen molar-refractivity contribution >= 4 is 17.3 Å². The third kappa shape index (κ3) is 8.96. The summed E-state index contributed by atoms with van der Waals surface area (Å²) in [6, 6.07) is 0. The molecule has 0 aliphatic carbocycles. The zero-order valence-corrected chi connectivity index (χ0v) is 12.4. The van der Waals surface area contributed by atoms with Crippen LogP contribution in [0.4, 0.5) is 0 Å². The fourth-order valence-corrected chi connectivity index (χ4v) is 1.87. The minimum atomic E-state index is 0.0630. The van der Waals surface area contributed by atoms with Crippen LogP contribution in [0.15, 0.2) is 0 Å². The van der Waals surface area contributed by atoms with Gasteiger partial charge in [0.2, 0.25) is 0 Å². The molecule has 0 saturated carbocycles. The Labute approximate surface area is 107 Å². The smallest absolute Gasteiger partial charge is 0.169 e. The largest absolute Gasteiger partial charge is 0.358 e. The van der Waals surface area contributed by atoms with Crippen molar-refractivity contribution in [1.82, 2.24) is 10.2 Å². The van der Waals surface area contributed by atoms with E-state index >= 15 is 0 Å². The molecule has 0 saturated heterocycles. The molecule has 2 nitrogen and oxygen atoms in total. The molecule has 0 aromatic carbocycles. The molecule has 0 unspecified atom stereocenters. The van der Waals surface area contributed by atoms with E-state index in [9.17, 15) is 0 Å². The standard InChI is InChI=1S/C13H28N2S/c1-6-7-8-9-10-11-15(5)12(16)14-13(2,3)4/h6-11H2,1-5H3,(H,14,16). The number of hydrogen-bond acceptors (Lipinski definition) is 1. The molecule has 0 radical (unpaired) electrons. The number of thiocarbonyl (C=S) groups is 1. The summed E-state index contributed by atoms with van der Waals surface area (Å²) in [4.78, 5) is 2.15. The van der Waals surface area contributed by atoms with Crippen LogP contribution in [0.5, 0.6) is 0 Å². The molecule has 1 N–H and O–H groups in total. The summed E-state index contributed by atoms with van der Waals surface area (Å²) >= 11 is 5.34. The van der Waals surface area contributed by atoms with Gasteiger partial charge in [0.1, 0.15) is 0 Å². The Morgan fingerprint density at radius 1 is 1.12 bits per heavy atom. The van der Waals surface area contributed by atoms with Crippen LogP contribution >= 0.6 is 12.2 Å². The van der Waals surface area contributed by atoms with Crippen molar-refractivity contribution in [2.75, 3.05) is 13.6 Å². The first kappa shape index (κ1) is 15.7. The van der Waals surface area contributed by atoms with Gasteiger partial charge < -0.3 is 10.2 Å². The molecule has 0 aromatic rings. The van der Waals surface area contributed by atoms with E-state index in [-0.39, 0.29) is 5.54 Å². The average molecular weight is 244 g/mol. The molecule has 0 aromatic heterocycles. The van der Waals surface area contributed by atoms with Crippen LogP contribution in [0, 0.1) is 0 Å². The predicted molar refractivity (Wildman–Crippen MR) is 76.9 cm³/mol. The average Bonchev–Trinajstić information content (AvgIpc) is 2.14. The Bertz CT molecular complexity index is 197. The summed E-state index contributed by atoms with van der Waals surface area (Å²) in [5, 5.41) is 4.19. The van der Waals surface area contributed by atoms with Crippen LogP contribution in [-0.2, 0) is 0 Å². The van der Waals surface area contributed by atoms with Crippen LogP contribution in [-0.4, -0.2) is 29.1 Å². The van der Waals surface area contributed by atoms with Gasteiger partial charge in [-0.2, -0.15) is 0 Å². The van der Waals surface area contributed by atoms with E-state index in [1.54, 1.807) is 0 Å². The molecule has 0 bridgehead atoms. The first-order valence-electron chi connectivity index (χ1n) is 6.40. The predicted octanol–water partition coefficient (Wildman–Crippen LogP) is 3.56. The topological polar surface area (TPSA) is 15.3 Å². The van der Waals surface area contributed by atoms with Crippen LogP contribution in [0.1, 0.15) is 59.8 Å². The van der Waals surface area contributed by atoms with Crippen molar-refractivity contribution in [2.45, 2.75) is 65.3 Å². The number of rotatable bonds is 6. The first-order chi connectivity index (χ1) is 7.37. The Morgan fingerprint density at radius 3 is 2.19 bits per heavy atom. The van der Waals surface area contributed by atoms with Gasteiger partial charge in [0.15, 0.2) is 5.11 Å². The molecule has 0 atom stereocenters. The van der Waals surface area contributed by atoms with Gasteiger partial charge in [-0.15, -0.1) is 0 Å². The SMILES string of the molecule is CCCCCCCN(C)C(=S)NC(C)(C)C. The van der Waals surface area contributed by atoms with Crippen molar-refractivity contribution in [3.05, 3.63) is 0 Å². The van der Waals surface area contributed by atoms with Crippen molar-refractivity contribution in [3.63, 3.8) is 0 Å². The summed E-state index contributed by atoms with van der Waals surface area (Å²) in [5.74, 6) is 0. The molecule has 96 valence electrons. The normalized spacial score (nSPS) is 11.3. The molecule has 0 spiro atoms.